The summed E-state index contributed by atoms with van der Waals surface area (Å²) in [4.78, 5) is 66.6. The van der Waals surface area contributed by atoms with Crippen LogP contribution in [0.15, 0.2) is 195 Å². The third-order valence-electron chi connectivity index (χ3n) is 26.2. The smallest absolute Gasteiger partial charge is 1.00 e. The normalized spacial score (nSPS) is 19.3. The van der Waals surface area contributed by atoms with Crippen LogP contribution in [0.4, 0.5) is 28.4 Å². The predicted molar refractivity (Wildman–Crippen MR) is 587 cm³/mol. The summed E-state index contributed by atoms with van der Waals surface area (Å²) >= 11 is 0.0547. The van der Waals surface area contributed by atoms with Gasteiger partial charge in [0.05, 0.1) is 135 Å². The largest absolute Gasteiger partial charge is 1.00 e. The Balaban J connectivity index is 0.000000341. The van der Waals surface area contributed by atoms with Crippen molar-refractivity contribution in [2.45, 2.75) is 226 Å². The van der Waals surface area contributed by atoms with Gasteiger partial charge in [0.1, 0.15) is 46.2 Å². The fourth-order valence-electron chi connectivity index (χ4n) is 17.9. The number of benzene rings is 8. The number of aliphatic hydroxyl groups is 5. The van der Waals surface area contributed by atoms with Gasteiger partial charge in [-0.2, -0.15) is 0 Å². The molecule has 0 spiro atoms. The molecule has 20 rings (SSSR count). The molecule has 9 aliphatic rings. The average molecular weight is 2260 g/mol. The molecule has 16 N–H and O–H groups in total. The molecule has 11 aromatic rings. The van der Waals surface area contributed by atoms with E-state index in [0.717, 1.165) is 205 Å². The van der Waals surface area contributed by atoms with E-state index in [9.17, 15) is 24.6 Å². The molecular weight excluding hydrogens is 2110 g/mol. The summed E-state index contributed by atoms with van der Waals surface area (Å²) in [5.41, 5.74) is 31.9. The van der Waals surface area contributed by atoms with E-state index in [4.69, 9.17) is 124 Å². The molecule has 4 heterocycles. The number of epoxide rings is 1. The number of methoxy groups -OCH3 is 5. The first-order chi connectivity index (χ1) is 68.9. The molecule has 30 nitrogen and oxygen atoms in total. The molecule has 782 valence electrons. The topological polar surface area (TPSA) is 462 Å². The Morgan fingerprint density at radius 1 is 0.456 bits per heavy atom. The van der Waals surface area contributed by atoms with E-state index in [1.807, 2.05) is 165 Å². The number of halogens is 5. The summed E-state index contributed by atoms with van der Waals surface area (Å²) in [6, 6.07) is 58.3. The Bertz CT molecular complexity index is 5740. The number of hydrogen-bond donors (Lipinski definition) is 12. The quantitative estimate of drug-likeness (QED) is 0.0122. The maximum Gasteiger partial charge on any atom is 1.00 e. The van der Waals surface area contributed by atoms with E-state index in [2.05, 4.69) is 92.8 Å². The van der Waals surface area contributed by atoms with Gasteiger partial charge in [-0.15, -0.1) is 0 Å². The fraction of sp³-hybridized carbons (Fsp3) is 0.477. The second-order valence-electron chi connectivity index (χ2n) is 36.2. The molecule has 147 heavy (non-hydrogen) atoms. The number of para-hydroxylation sites is 9. The molecule has 3 aromatic heterocycles. The Morgan fingerprint density at radius 2 is 0.816 bits per heavy atom. The van der Waals surface area contributed by atoms with Gasteiger partial charge < -0.3 is 135 Å². The average Bonchev–Trinajstić information content (AvgIpc) is 1.59. The Morgan fingerprint density at radius 3 is 1.17 bits per heavy atom. The van der Waals surface area contributed by atoms with E-state index in [1.165, 1.54) is 50.5 Å². The van der Waals surface area contributed by atoms with Gasteiger partial charge in [-0.3, -0.25) is 14.4 Å². The number of likely N-dealkylation sites (N-methyl/N-ethyl adjacent to an activating group) is 4. The zero-order valence-electron chi connectivity index (χ0n) is 86.5. The molecule has 1 aliphatic heterocycles. The van der Waals surface area contributed by atoms with Crippen molar-refractivity contribution in [3.05, 3.63) is 253 Å². The number of aromatic nitrogens is 6. The summed E-state index contributed by atoms with van der Waals surface area (Å²) in [7, 11) is 36.7. The van der Waals surface area contributed by atoms with E-state index in [0.29, 0.717) is 82.9 Å². The van der Waals surface area contributed by atoms with Gasteiger partial charge in [0.2, 0.25) is 0 Å². The Labute approximate surface area is 941 Å². The number of aliphatic hydroxyl groups excluding tert-OH is 5. The van der Waals surface area contributed by atoms with Crippen LogP contribution in [0.5, 0.6) is 28.7 Å². The number of hydrogen-bond acceptors (Lipinski definition) is 27. The van der Waals surface area contributed by atoms with Crippen LogP contribution in [0.3, 0.4) is 0 Å². The van der Waals surface area contributed by atoms with Crippen LogP contribution in [0, 0.1) is 29.6 Å². The van der Waals surface area contributed by atoms with E-state index in [1.54, 1.807) is 47.7 Å². The van der Waals surface area contributed by atoms with Crippen LogP contribution in [0.1, 0.15) is 188 Å². The monoisotopic (exact) mass is 2250 g/mol. The van der Waals surface area contributed by atoms with Gasteiger partial charge in [0, 0.05) is 117 Å². The van der Waals surface area contributed by atoms with Crippen molar-refractivity contribution in [1.82, 2.24) is 29.9 Å². The summed E-state index contributed by atoms with van der Waals surface area (Å²) < 4.78 is 32.4. The van der Waals surface area contributed by atoms with Crippen LogP contribution in [-0.2, 0) is 33.1 Å². The zero-order chi connectivity index (χ0) is 104. The van der Waals surface area contributed by atoms with E-state index < -0.39 is 15.5 Å². The van der Waals surface area contributed by atoms with Gasteiger partial charge in [-0.25, -0.2) is 15.0 Å². The van der Waals surface area contributed by atoms with Gasteiger partial charge in [-0.05, 0) is 268 Å². The molecule has 10 unspecified atom stereocenters. The van der Waals surface area contributed by atoms with Crippen LogP contribution < -0.4 is 142 Å². The number of nitrogens with one attached hydrogen (secondary N) is 3. The zero-order valence-corrected chi connectivity index (χ0v) is 97.6. The number of nitrogens with two attached hydrogens (primary N) is 4. The van der Waals surface area contributed by atoms with Gasteiger partial charge >= 0.3 is 109 Å². The van der Waals surface area contributed by atoms with Gasteiger partial charge in [0.15, 0.2) is 0 Å². The van der Waals surface area contributed by atoms with Gasteiger partial charge in [-0.1, -0.05) is 95.1 Å². The maximum atomic E-state index is 12.1. The second-order valence-corrected chi connectivity index (χ2v) is 59.5. The molecule has 9 fully saturated rings. The molecule has 1 saturated heterocycles. The molecule has 6 radical (unpaired) electrons. The number of nitrogen functional groups attached to an aromatic ring is 1. The van der Waals surface area contributed by atoms with Crippen LogP contribution in [0.25, 0.3) is 32.7 Å². The fourth-order valence-corrected chi connectivity index (χ4v) is 18.3. The second kappa shape index (κ2) is 69.2. The van der Waals surface area contributed by atoms with Crippen LogP contribution in [0.2, 0.25) is 0 Å². The number of nitrogens with zero attached hydrogens (tertiary/aromatic N) is 9. The summed E-state index contributed by atoms with van der Waals surface area (Å²) in [5.74, 6) is 8.66. The van der Waals surface area contributed by atoms with Crippen molar-refractivity contribution in [2.24, 2.45) is 23.1 Å². The molecule has 8 aromatic carbocycles. The van der Waals surface area contributed by atoms with Crippen molar-refractivity contribution in [1.29, 1.82) is 10.5 Å². The maximum absolute atomic E-state index is 12.1. The number of ether oxygens (including phenoxy) is 6. The minimum atomic E-state index is -3.29. The van der Waals surface area contributed by atoms with Crippen molar-refractivity contribution in [3.63, 3.8) is 0 Å². The molecule has 0 amide bonds. The molecule has 0 bridgehead atoms. The number of aromatic amines is 3. The number of H-pyrrole nitrogens is 3. The van der Waals surface area contributed by atoms with E-state index in [-0.39, 0.29) is 143 Å². The van der Waals surface area contributed by atoms with Crippen molar-refractivity contribution in [2.75, 3.05) is 122 Å². The van der Waals surface area contributed by atoms with Crippen LogP contribution in [-0.4, -0.2) is 224 Å². The number of anilines is 5. The summed E-state index contributed by atoms with van der Waals surface area (Å²) in [6.45, 7) is 10.8. The molecule has 8 saturated carbocycles. The standard InChI is InChI=1S/C14H17N3O2.C14H16N2O2.2C13H20N2O.C13H19NO2.C13H18O2.C11H9BrN2O.C7H9NO.C5H8O.C2H7NO.2CN.2B.4ClH.2Na.Zr/c1-17(6-7-18)10-4-5-12-11(8-10)14(19)16-13(15-12)9-2-3-9;17-7-1-2-9-3-6-12-11(8-9)14(18)16-13(15-12)10-4-5-10;2*1-15(11-8-5-6-10(11)14)12-7-3-4-9-13(12)16-2;1-14(10-7-5-8-12(10)15)11-6-3-4-9-13(11)16-2;1-15-13-8-3-2-5-11(13)9-10-6-4-7-12(10)14;12-7-3-4-9-8(5-7)11(15)14-10(13-9)6-1-2-6;1-9-7-5-3-2-4-6(7)8;1-2-4-5(3-1)6-4;3-1-2-4;2*1-2;;;;;;;;;/h4-5,8-9,18H,2-3,6-7H2,1H3,(H,15,16,19);3,6,8,10,17H,1-2,4-5,7H2,(H,15,16,18);2*3-4,7,9-11H,5-6,8,14H2,1-2H3;3-4,6,9-10,12,15H,5,7-8H2,1-2H3;2-3,5,8,10,12,14H,4,6-7,9H2,1H3;3-6H,1-2H2,(H,13,14,15);2-5H,8H2,1H3;4-5H,1-3H2;4H,1-3H2;;;;;4*1H;;;/q;;;;;;;;;;2*-1;;;;;;;2*+1;+4/p-4. The molecular formula is C107H143B2BrCl4N16Na2O14Zr. The number of fused-ring (bicyclic) bond motifs is 4. The number of rotatable bonds is 23. The molecule has 10 atom stereocenters. The van der Waals surface area contributed by atoms with Crippen molar-refractivity contribution >= 4 is 128 Å². The number of aryl methyl sites for hydroxylation is 1. The Kier molecular flexibility index (Phi) is 62.0. The Hall–Kier alpha value is -7.55. The van der Waals surface area contributed by atoms with E-state index >= 15 is 0 Å². The summed E-state index contributed by atoms with van der Waals surface area (Å²) in [5, 5.41) is 59.6. The first-order valence-electron chi connectivity index (χ1n) is 48.8. The predicted octanol–water partition coefficient (Wildman–Crippen LogP) is 11.3. The SMILES string of the molecule is C1CC2OC2C1.CN(CCO)c1ccc2nc(C3CC3)[nH]c(=O)c2c1.COc1ccccc1CC1CCCC1O.COc1ccccc1N.COc1ccccc1N(C)C1CCCC1N.COc1ccccc1N(C)C1CCCC1N.COc1ccccc1N(C)C1CCCC1O.NCCO.O=c1[nH]c(C2CC2)nc2ccc(Br)cc12.O=c1[nH]c(C2CC2)nc2ccc(CCCO)cc12.[B].[B].[C-]#N.[C-]#N.[Cl][Zr]([Cl])([Cl])[Cl].[Na+].[Na+]. The van der Waals surface area contributed by atoms with Gasteiger partial charge in [0.25, 0.3) is 16.7 Å². The minimum Gasteiger partial charge on any atom is 1.00 e. The van der Waals surface area contributed by atoms with Crippen molar-refractivity contribution in [3.8, 4) is 28.7 Å². The first kappa shape index (κ1) is 132. The third kappa shape index (κ3) is 42.8. The van der Waals surface area contributed by atoms with Crippen LogP contribution >= 0.6 is 50.0 Å². The minimum absolute atomic E-state index is 0. The summed E-state index contributed by atoms with van der Waals surface area (Å²) in [6.07, 6.45) is 27.8. The third-order valence-corrected chi connectivity index (χ3v) is 26.7. The van der Waals surface area contributed by atoms with Crippen molar-refractivity contribution < 1.29 is 129 Å². The molecule has 40 heteroatoms. The first-order valence-corrected chi connectivity index (χ1v) is 62.2. The molecule has 8 aliphatic carbocycles.